The van der Waals surface area contributed by atoms with Crippen molar-refractivity contribution in [2.45, 2.75) is 45.6 Å². The van der Waals surface area contributed by atoms with Crippen LogP contribution < -0.4 is 5.32 Å². The van der Waals surface area contributed by atoms with Gasteiger partial charge < -0.3 is 15.0 Å². The molecule has 0 spiro atoms. The molecule has 158 valence electrons. The molecule has 2 aromatic rings. The minimum atomic E-state index is -0.135. The normalized spacial score (nSPS) is 17.3. The van der Waals surface area contributed by atoms with Gasteiger partial charge in [-0.1, -0.05) is 6.92 Å². The molecule has 8 heteroatoms. The number of likely N-dealkylation sites (tertiary alicyclic amines) is 1. The zero-order valence-electron chi connectivity index (χ0n) is 17.5. The van der Waals surface area contributed by atoms with E-state index in [4.69, 9.17) is 4.74 Å². The molecule has 29 heavy (non-hydrogen) atoms. The maximum atomic E-state index is 12.8. The topological polar surface area (TPSA) is 88.8 Å². The number of hydrogen-bond acceptors (Lipinski definition) is 5. The lowest BCUT2D eigenvalue weighted by Gasteiger charge is -2.36. The molecule has 1 aliphatic rings. The predicted molar refractivity (Wildman–Crippen MR) is 109 cm³/mol. The number of carbonyl (C=O) groups excluding carboxylic acids is 2. The Balaban J connectivity index is 1.52. The Hall–Kier alpha value is -2.48. The molecule has 0 aliphatic carbocycles. The lowest BCUT2D eigenvalue weighted by Crippen LogP contribution is -2.47. The van der Waals surface area contributed by atoms with Gasteiger partial charge in [-0.15, -0.1) is 0 Å². The SMILES string of the molecule is CCC(CCOC)C(=O)N1CCC([C@H](C)NC(=O)c2cnn3ccncc23)CC1. The van der Waals surface area contributed by atoms with Gasteiger partial charge in [0, 0.05) is 51.2 Å². The highest BCUT2D eigenvalue weighted by molar-refractivity contribution is 6.00. The van der Waals surface area contributed by atoms with E-state index >= 15 is 0 Å². The standard InChI is InChI=1S/C21H31N5O3/c1-4-16(7-12-29-3)21(28)25-9-5-17(6-10-25)15(2)24-20(27)18-13-23-26-11-8-22-14-19(18)26/h8,11,13-17H,4-7,9-10,12H2,1-3H3,(H,24,27)/t15-,16?/m0/s1. The van der Waals surface area contributed by atoms with Crippen molar-refractivity contribution in [3.63, 3.8) is 0 Å². The van der Waals surface area contributed by atoms with E-state index in [1.807, 2.05) is 11.8 Å². The van der Waals surface area contributed by atoms with Crippen LogP contribution in [0.3, 0.4) is 0 Å². The second kappa shape index (κ2) is 9.82. The van der Waals surface area contributed by atoms with Crippen LogP contribution in [0, 0.1) is 11.8 Å². The predicted octanol–water partition coefficient (Wildman–Crippen LogP) is 2.15. The quantitative estimate of drug-likeness (QED) is 0.732. The summed E-state index contributed by atoms with van der Waals surface area (Å²) >= 11 is 0. The van der Waals surface area contributed by atoms with Gasteiger partial charge in [0.15, 0.2) is 0 Å². The van der Waals surface area contributed by atoms with E-state index < -0.39 is 0 Å². The Morgan fingerprint density at radius 3 is 2.76 bits per heavy atom. The van der Waals surface area contributed by atoms with Gasteiger partial charge in [-0.05, 0) is 38.5 Å². The van der Waals surface area contributed by atoms with Crippen LogP contribution in [0.2, 0.25) is 0 Å². The average Bonchev–Trinajstić information content (AvgIpc) is 3.18. The van der Waals surface area contributed by atoms with E-state index in [0.717, 1.165) is 38.8 Å². The number of hydrogen-bond donors (Lipinski definition) is 1. The van der Waals surface area contributed by atoms with Crippen molar-refractivity contribution in [3.05, 3.63) is 30.4 Å². The molecule has 0 bridgehead atoms. The molecule has 3 rings (SSSR count). The Labute approximate surface area is 171 Å². The number of nitrogens with one attached hydrogen (secondary N) is 1. The maximum absolute atomic E-state index is 12.8. The smallest absolute Gasteiger partial charge is 0.255 e. The third-order valence-corrected chi connectivity index (χ3v) is 6.00. The van der Waals surface area contributed by atoms with Crippen molar-refractivity contribution >= 4 is 17.3 Å². The lowest BCUT2D eigenvalue weighted by atomic mass is 9.89. The van der Waals surface area contributed by atoms with Crippen LogP contribution in [0.15, 0.2) is 24.8 Å². The second-order valence-electron chi connectivity index (χ2n) is 7.78. The van der Waals surface area contributed by atoms with Gasteiger partial charge in [0.05, 0.1) is 23.5 Å². The van der Waals surface area contributed by atoms with E-state index in [2.05, 4.69) is 22.3 Å². The average molecular weight is 402 g/mol. The van der Waals surface area contributed by atoms with E-state index in [-0.39, 0.29) is 23.8 Å². The highest BCUT2D eigenvalue weighted by atomic mass is 16.5. The van der Waals surface area contributed by atoms with Crippen molar-refractivity contribution < 1.29 is 14.3 Å². The molecule has 1 fully saturated rings. The first-order valence-corrected chi connectivity index (χ1v) is 10.4. The van der Waals surface area contributed by atoms with Gasteiger partial charge in [0.1, 0.15) is 0 Å². The number of piperidine rings is 1. The summed E-state index contributed by atoms with van der Waals surface area (Å²) in [5, 5.41) is 7.31. The fourth-order valence-corrected chi connectivity index (χ4v) is 4.05. The minimum Gasteiger partial charge on any atom is -0.385 e. The number of rotatable bonds is 8. The lowest BCUT2D eigenvalue weighted by molar-refractivity contribution is -0.137. The van der Waals surface area contributed by atoms with E-state index in [0.29, 0.717) is 23.6 Å². The molecule has 8 nitrogen and oxygen atoms in total. The second-order valence-corrected chi connectivity index (χ2v) is 7.78. The van der Waals surface area contributed by atoms with Crippen LogP contribution in [-0.2, 0) is 9.53 Å². The Kier molecular flexibility index (Phi) is 7.19. The Morgan fingerprint density at radius 1 is 1.31 bits per heavy atom. The third kappa shape index (κ3) is 4.93. The van der Waals surface area contributed by atoms with Gasteiger partial charge in [-0.2, -0.15) is 5.10 Å². The number of carbonyl (C=O) groups is 2. The molecule has 2 aromatic heterocycles. The molecular formula is C21H31N5O3. The summed E-state index contributed by atoms with van der Waals surface area (Å²) < 4.78 is 6.78. The number of amides is 2. The van der Waals surface area contributed by atoms with Crippen LogP contribution in [0.1, 0.15) is 49.9 Å². The first-order chi connectivity index (χ1) is 14.0. The number of aromatic nitrogens is 3. The molecule has 0 saturated carbocycles. The highest BCUT2D eigenvalue weighted by Crippen LogP contribution is 2.24. The summed E-state index contributed by atoms with van der Waals surface area (Å²) in [6.45, 7) is 6.19. The van der Waals surface area contributed by atoms with Gasteiger partial charge in [0.2, 0.25) is 5.91 Å². The molecule has 2 atom stereocenters. The molecule has 2 amide bonds. The molecule has 1 N–H and O–H groups in total. The van der Waals surface area contributed by atoms with Crippen LogP contribution >= 0.6 is 0 Å². The number of methoxy groups -OCH3 is 1. The van der Waals surface area contributed by atoms with Gasteiger partial charge >= 0.3 is 0 Å². The zero-order valence-corrected chi connectivity index (χ0v) is 17.5. The van der Waals surface area contributed by atoms with Crippen LogP contribution in [-0.4, -0.2) is 64.2 Å². The fourth-order valence-electron chi connectivity index (χ4n) is 4.05. The van der Waals surface area contributed by atoms with E-state index in [9.17, 15) is 9.59 Å². The van der Waals surface area contributed by atoms with Gasteiger partial charge in [-0.25, -0.2) is 4.52 Å². The van der Waals surface area contributed by atoms with Gasteiger partial charge in [0.25, 0.3) is 5.91 Å². The van der Waals surface area contributed by atoms with Crippen molar-refractivity contribution in [1.29, 1.82) is 0 Å². The Bertz CT molecular complexity index is 829. The summed E-state index contributed by atoms with van der Waals surface area (Å²) in [6, 6.07) is 0.0295. The van der Waals surface area contributed by atoms with Crippen LogP contribution in [0.4, 0.5) is 0 Å². The Morgan fingerprint density at radius 2 is 2.07 bits per heavy atom. The van der Waals surface area contributed by atoms with E-state index in [1.54, 1.807) is 36.4 Å². The number of fused-ring (bicyclic) bond motifs is 1. The molecule has 3 heterocycles. The largest absolute Gasteiger partial charge is 0.385 e. The molecule has 1 saturated heterocycles. The van der Waals surface area contributed by atoms with Crippen molar-refractivity contribution in [1.82, 2.24) is 24.8 Å². The monoisotopic (exact) mass is 401 g/mol. The summed E-state index contributed by atoms with van der Waals surface area (Å²) in [7, 11) is 1.67. The summed E-state index contributed by atoms with van der Waals surface area (Å²) in [6.07, 6.45) is 9.97. The summed E-state index contributed by atoms with van der Waals surface area (Å²) in [5.41, 5.74) is 1.22. The first kappa shape index (κ1) is 21.2. The molecule has 1 unspecified atom stereocenters. The fraction of sp³-hybridized carbons (Fsp3) is 0.619. The minimum absolute atomic E-state index is 0.0295. The summed E-state index contributed by atoms with van der Waals surface area (Å²) in [5.74, 6) is 0.484. The zero-order chi connectivity index (χ0) is 20.8. The molecular weight excluding hydrogens is 370 g/mol. The summed E-state index contributed by atoms with van der Waals surface area (Å²) in [4.78, 5) is 31.5. The third-order valence-electron chi connectivity index (χ3n) is 6.00. The molecule has 0 radical (unpaired) electrons. The van der Waals surface area contributed by atoms with Crippen molar-refractivity contribution in [2.75, 3.05) is 26.8 Å². The highest BCUT2D eigenvalue weighted by Gasteiger charge is 2.30. The van der Waals surface area contributed by atoms with Crippen LogP contribution in [0.25, 0.3) is 5.52 Å². The molecule has 1 aliphatic heterocycles. The molecule has 0 aromatic carbocycles. The first-order valence-electron chi connectivity index (χ1n) is 10.4. The maximum Gasteiger partial charge on any atom is 0.255 e. The van der Waals surface area contributed by atoms with Crippen LogP contribution in [0.5, 0.6) is 0 Å². The van der Waals surface area contributed by atoms with Gasteiger partial charge in [-0.3, -0.25) is 14.6 Å². The van der Waals surface area contributed by atoms with Crippen molar-refractivity contribution in [2.24, 2.45) is 11.8 Å². The number of nitrogens with zero attached hydrogens (tertiary/aromatic N) is 4. The van der Waals surface area contributed by atoms with E-state index in [1.165, 1.54) is 0 Å². The van der Waals surface area contributed by atoms with Crippen molar-refractivity contribution in [3.8, 4) is 0 Å². The number of ether oxygens (including phenoxy) is 1.